The van der Waals surface area contributed by atoms with Crippen LogP contribution in [-0.2, 0) is 0 Å². The van der Waals surface area contributed by atoms with Crippen molar-refractivity contribution in [3.05, 3.63) is 70.7 Å². The minimum Gasteiger partial charge on any atom is -0.308 e. The van der Waals surface area contributed by atoms with Crippen molar-refractivity contribution in [2.45, 2.75) is 6.04 Å². The summed E-state index contributed by atoms with van der Waals surface area (Å²) in [4.78, 5) is 0. The molecule has 0 saturated carbocycles. The number of aromatic nitrogens is 2. The van der Waals surface area contributed by atoms with E-state index in [0.29, 0.717) is 0 Å². The van der Waals surface area contributed by atoms with Gasteiger partial charge in [0.05, 0.1) is 17.4 Å². The first kappa shape index (κ1) is 12.1. The lowest BCUT2D eigenvalue weighted by Crippen LogP contribution is -2.17. The zero-order chi connectivity index (χ0) is 13.1. The molecule has 0 bridgehead atoms. The summed E-state index contributed by atoms with van der Waals surface area (Å²) in [7, 11) is 1.96. The predicted molar refractivity (Wildman–Crippen MR) is 78.8 cm³/mol. The van der Waals surface area contributed by atoms with Gasteiger partial charge in [-0.2, -0.15) is 16.4 Å². The van der Waals surface area contributed by atoms with Crippen LogP contribution in [0.15, 0.2) is 59.4 Å². The molecule has 0 fully saturated rings. The third-order valence-electron chi connectivity index (χ3n) is 3.09. The summed E-state index contributed by atoms with van der Waals surface area (Å²) < 4.78 is 1.91. The van der Waals surface area contributed by atoms with Crippen molar-refractivity contribution in [1.29, 1.82) is 0 Å². The van der Waals surface area contributed by atoms with Crippen LogP contribution in [0.3, 0.4) is 0 Å². The van der Waals surface area contributed by atoms with Crippen LogP contribution in [0.5, 0.6) is 0 Å². The molecule has 1 N–H and O–H groups in total. The van der Waals surface area contributed by atoms with Crippen LogP contribution in [0, 0.1) is 0 Å². The van der Waals surface area contributed by atoms with Crippen LogP contribution in [-0.4, -0.2) is 16.8 Å². The number of nitrogens with one attached hydrogen (secondary N) is 1. The fraction of sp³-hybridized carbons (Fsp3) is 0.133. The summed E-state index contributed by atoms with van der Waals surface area (Å²) in [6.07, 6.45) is 2.00. The first-order valence-corrected chi connectivity index (χ1v) is 7.13. The van der Waals surface area contributed by atoms with E-state index in [2.05, 4.69) is 45.4 Å². The van der Waals surface area contributed by atoms with Crippen molar-refractivity contribution in [1.82, 2.24) is 15.1 Å². The SMILES string of the molecule is CNC(c1ccsc1)c1ccn(-c2ccccc2)n1. The second kappa shape index (κ2) is 5.38. The Morgan fingerprint density at radius 1 is 1.16 bits per heavy atom. The summed E-state index contributed by atoms with van der Waals surface area (Å²) in [6, 6.07) is 14.5. The maximum absolute atomic E-state index is 4.67. The van der Waals surface area contributed by atoms with Gasteiger partial charge in [-0.15, -0.1) is 0 Å². The van der Waals surface area contributed by atoms with Crippen molar-refractivity contribution in [2.75, 3.05) is 7.05 Å². The monoisotopic (exact) mass is 269 g/mol. The molecular weight excluding hydrogens is 254 g/mol. The van der Waals surface area contributed by atoms with Gasteiger partial charge in [0.1, 0.15) is 0 Å². The average molecular weight is 269 g/mol. The van der Waals surface area contributed by atoms with E-state index < -0.39 is 0 Å². The molecular formula is C15H15N3S. The molecule has 3 rings (SSSR count). The van der Waals surface area contributed by atoms with Crippen molar-refractivity contribution in [3.63, 3.8) is 0 Å². The molecule has 0 aliphatic carbocycles. The van der Waals surface area contributed by atoms with Crippen LogP contribution in [0.1, 0.15) is 17.3 Å². The molecule has 4 heteroatoms. The number of nitrogens with zero attached hydrogens (tertiary/aromatic N) is 2. The second-order valence-electron chi connectivity index (χ2n) is 4.30. The van der Waals surface area contributed by atoms with Crippen LogP contribution < -0.4 is 5.32 Å². The van der Waals surface area contributed by atoms with Crippen LogP contribution in [0.25, 0.3) is 5.69 Å². The van der Waals surface area contributed by atoms with Crippen LogP contribution >= 0.6 is 11.3 Å². The van der Waals surface area contributed by atoms with Gasteiger partial charge in [-0.1, -0.05) is 18.2 Å². The third kappa shape index (κ3) is 2.45. The molecule has 0 amide bonds. The summed E-state index contributed by atoms with van der Waals surface area (Å²) in [6.45, 7) is 0. The van der Waals surface area contributed by atoms with Crippen molar-refractivity contribution in [2.24, 2.45) is 0 Å². The summed E-state index contributed by atoms with van der Waals surface area (Å²) in [5.41, 5.74) is 3.37. The first-order chi connectivity index (χ1) is 9.38. The molecule has 0 aliphatic heterocycles. The van der Waals surface area contributed by atoms with Gasteiger partial charge in [-0.25, -0.2) is 4.68 Å². The van der Waals surface area contributed by atoms with Gasteiger partial charge in [-0.05, 0) is 47.6 Å². The quantitative estimate of drug-likeness (QED) is 0.788. The lowest BCUT2D eigenvalue weighted by molar-refractivity contribution is 0.659. The summed E-state index contributed by atoms with van der Waals surface area (Å²) in [5.74, 6) is 0. The summed E-state index contributed by atoms with van der Waals surface area (Å²) >= 11 is 1.71. The predicted octanol–water partition coefficient (Wildman–Crippen LogP) is 3.24. The Labute approximate surface area is 116 Å². The van der Waals surface area contributed by atoms with Gasteiger partial charge < -0.3 is 5.32 Å². The molecule has 0 radical (unpaired) electrons. The summed E-state index contributed by atoms with van der Waals surface area (Å²) in [5, 5.41) is 12.2. The molecule has 1 unspecified atom stereocenters. The van der Waals surface area contributed by atoms with E-state index in [1.54, 1.807) is 11.3 Å². The van der Waals surface area contributed by atoms with Gasteiger partial charge in [0.2, 0.25) is 0 Å². The lowest BCUT2D eigenvalue weighted by Gasteiger charge is -2.11. The first-order valence-electron chi connectivity index (χ1n) is 6.19. The van der Waals surface area contributed by atoms with E-state index in [1.807, 2.05) is 36.1 Å². The highest BCUT2D eigenvalue weighted by atomic mass is 32.1. The number of rotatable bonds is 4. The van der Waals surface area contributed by atoms with Crippen molar-refractivity contribution >= 4 is 11.3 Å². The molecule has 19 heavy (non-hydrogen) atoms. The smallest absolute Gasteiger partial charge is 0.0844 e. The van der Waals surface area contributed by atoms with E-state index in [4.69, 9.17) is 0 Å². The molecule has 0 saturated heterocycles. The van der Waals surface area contributed by atoms with E-state index in [0.717, 1.165) is 11.4 Å². The van der Waals surface area contributed by atoms with E-state index in [9.17, 15) is 0 Å². The van der Waals surface area contributed by atoms with E-state index in [-0.39, 0.29) is 6.04 Å². The number of hydrogen-bond donors (Lipinski definition) is 1. The average Bonchev–Trinajstić information content (AvgIpc) is 3.12. The van der Waals surface area contributed by atoms with Crippen LogP contribution in [0.4, 0.5) is 0 Å². The van der Waals surface area contributed by atoms with Crippen molar-refractivity contribution in [3.8, 4) is 5.69 Å². The Kier molecular flexibility index (Phi) is 3.44. The van der Waals surface area contributed by atoms with E-state index in [1.165, 1.54) is 5.56 Å². The van der Waals surface area contributed by atoms with Gasteiger partial charge >= 0.3 is 0 Å². The molecule has 2 heterocycles. The minimum atomic E-state index is 0.149. The topological polar surface area (TPSA) is 29.9 Å². The van der Waals surface area contributed by atoms with Gasteiger partial charge in [-0.3, -0.25) is 0 Å². The molecule has 2 aromatic heterocycles. The fourth-order valence-corrected chi connectivity index (χ4v) is 2.83. The highest BCUT2D eigenvalue weighted by Gasteiger charge is 2.15. The molecule has 0 spiro atoms. The normalized spacial score (nSPS) is 12.5. The highest BCUT2D eigenvalue weighted by molar-refractivity contribution is 7.08. The van der Waals surface area contributed by atoms with E-state index >= 15 is 0 Å². The van der Waals surface area contributed by atoms with Crippen LogP contribution in [0.2, 0.25) is 0 Å². The highest BCUT2D eigenvalue weighted by Crippen LogP contribution is 2.22. The second-order valence-corrected chi connectivity index (χ2v) is 5.08. The Hall–Kier alpha value is -1.91. The lowest BCUT2D eigenvalue weighted by atomic mass is 10.1. The maximum atomic E-state index is 4.67. The van der Waals surface area contributed by atoms with Crippen molar-refractivity contribution < 1.29 is 0 Å². The standard InChI is InChI=1S/C15H15N3S/c1-16-15(12-8-10-19-11-12)14-7-9-18(17-14)13-5-3-2-4-6-13/h2-11,15-16H,1H3. The largest absolute Gasteiger partial charge is 0.308 e. The number of thiophene rings is 1. The zero-order valence-corrected chi connectivity index (χ0v) is 11.5. The van der Waals surface area contributed by atoms with Gasteiger partial charge in [0.25, 0.3) is 0 Å². The number of para-hydroxylation sites is 1. The molecule has 1 atom stereocenters. The number of hydrogen-bond acceptors (Lipinski definition) is 3. The maximum Gasteiger partial charge on any atom is 0.0844 e. The van der Waals surface area contributed by atoms with Gasteiger partial charge in [0, 0.05) is 6.20 Å². The van der Waals surface area contributed by atoms with Gasteiger partial charge in [0.15, 0.2) is 0 Å². The Morgan fingerprint density at radius 2 is 2.00 bits per heavy atom. The molecule has 3 nitrogen and oxygen atoms in total. The molecule has 3 aromatic rings. The minimum absolute atomic E-state index is 0.149. The Bertz CT molecular complexity index is 628. The Balaban J connectivity index is 1.93. The molecule has 1 aromatic carbocycles. The Morgan fingerprint density at radius 3 is 2.68 bits per heavy atom. The molecule has 96 valence electrons. The molecule has 0 aliphatic rings. The number of benzene rings is 1. The zero-order valence-electron chi connectivity index (χ0n) is 10.7. The fourth-order valence-electron chi connectivity index (χ4n) is 2.14. The third-order valence-corrected chi connectivity index (χ3v) is 3.79.